The van der Waals surface area contributed by atoms with Gasteiger partial charge in [-0.15, -0.1) is 0 Å². The van der Waals surface area contributed by atoms with Crippen molar-refractivity contribution in [1.29, 1.82) is 0 Å². The minimum atomic E-state index is -4.13. The Morgan fingerprint density at radius 2 is 2.14 bits per heavy atom. The van der Waals surface area contributed by atoms with Crippen LogP contribution in [0.2, 0.25) is 5.02 Å². The Morgan fingerprint density at radius 3 is 2.75 bits per heavy atom. The summed E-state index contributed by atoms with van der Waals surface area (Å²) in [6.45, 7) is 5.10. The van der Waals surface area contributed by atoms with Gasteiger partial charge in [0, 0.05) is 18.8 Å². The number of urea groups is 1. The van der Waals surface area contributed by atoms with Crippen LogP contribution in [0.25, 0.3) is 0 Å². The van der Waals surface area contributed by atoms with E-state index in [0.717, 1.165) is 30.7 Å². The van der Waals surface area contributed by atoms with Crippen LogP contribution in [0.1, 0.15) is 26.7 Å². The lowest BCUT2D eigenvalue weighted by atomic mass is 10.0. The third-order valence-corrected chi connectivity index (χ3v) is 7.34. The number of thiazole rings is 1. The molecule has 1 aliphatic rings. The van der Waals surface area contributed by atoms with Crippen molar-refractivity contribution in [3.63, 3.8) is 0 Å². The first-order chi connectivity index (χ1) is 13.2. The molecule has 3 heterocycles. The second-order valence-corrected chi connectivity index (χ2v) is 11.2. The van der Waals surface area contributed by atoms with E-state index >= 15 is 0 Å². The highest BCUT2D eigenvalue weighted by Gasteiger charge is 2.30. The number of pyridine rings is 1. The van der Waals surface area contributed by atoms with Crippen LogP contribution in [-0.2, 0) is 10.0 Å². The molecule has 0 radical (unpaired) electrons. The predicted molar refractivity (Wildman–Crippen MR) is 114 cm³/mol. The molecule has 2 amide bonds. The van der Waals surface area contributed by atoms with E-state index in [1.54, 1.807) is 0 Å². The summed E-state index contributed by atoms with van der Waals surface area (Å²) in [6, 6.07) is 0.713. The van der Waals surface area contributed by atoms with Gasteiger partial charge in [-0.25, -0.2) is 27.9 Å². The Kier molecular flexibility index (Phi) is 6.47. The molecule has 0 aliphatic carbocycles. The van der Waals surface area contributed by atoms with Crippen molar-refractivity contribution in [2.24, 2.45) is 5.92 Å². The Hall–Kier alpha value is -1.43. The molecule has 2 N–H and O–H groups in total. The van der Waals surface area contributed by atoms with Gasteiger partial charge in [-0.3, -0.25) is 5.32 Å². The molecule has 2 aromatic rings. The lowest BCUT2D eigenvalue weighted by Crippen LogP contribution is -2.35. The minimum Gasteiger partial charge on any atom is -0.352 e. The van der Waals surface area contributed by atoms with Crippen LogP contribution in [0.15, 0.2) is 27.1 Å². The van der Waals surface area contributed by atoms with Gasteiger partial charge in [0.25, 0.3) is 10.0 Å². The van der Waals surface area contributed by atoms with Gasteiger partial charge in [0.2, 0.25) is 0 Å². The predicted octanol–water partition coefficient (Wildman–Crippen LogP) is 4.09. The van der Waals surface area contributed by atoms with Crippen molar-refractivity contribution in [1.82, 2.24) is 14.7 Å². The summed E-state index contributed by atoms with van der Waals surface area (Å²) in [5.74, 6) is 0.994. The Balaban J connectivity index is 1.75. The first-order valence-corrected chi connectivity index (χ1v) is 12.0. The first-order valence-electron chi connectivity index (χ1n) is 8.54. The molecule has 1 atom stereocenters. The summed E-state index contributed by atoms with van der Waals surface area (Å²) in [7, 11) is -4.13. The van der Waals surface area contributed by atoms with Crippen LogP contribution in [0.5, 0.6) is 0 Å². The lowest BCUT2D eigenvalue weighted by molar-refractivity contribution is 0.256. The standard InChI is InChI=1S/C16H19BrClN5O3S2/c1-9(2)12-4-3-5-23(12)14-11(18)6-10(7-19-14)28(25,26)22-15(24)21-16-20-8-13(17)27-16/h6-9,12H,3-5H2,1-2H3,(H2,20,21,22,24). The van der Waals surface area contributed by atoms with Crippen molar-refractivity contribution in [3.8, 4) is 0 Å². The van der Waals surface area contributed by atoms with Gasteiger partial charge in [0.1, 0.15) is 10.7 Å². The van der Waals surface area contributed by atoms with E-state index in [1.165, 1.54) is 18.5 Å². The van der Waals surface area contributed by atoms with Gasteiger partial charge in [0.05, 0.1) is 15.0 Å². The maximum absolute atomic E-state index is 12.5. The Labute approximate surface area is 180 Å². The smallest absolute Gasteiger partial charge is 0.334 e. The number of hydrogen-bond donors (Lipinski definition) is 2. The Morgan fingerprint density at radius 1 is 1.39 bits per heavy atom. The fraction of sp³-hybridized carbons (Fsp3) is 0.438. The highest BCUT2D eigenvalue weighted by atomic mass is 79.9. The van der Waals surface area contributed by atoms with Gasteiger partial charge in [-0.2, -0.15) is 0 Å². The molecule has 0 aromatic carbocycles. The van der Waals surface area contributed by atoms with Gasteiger partial charge >= 0.3 is 6.03 Å². The average molecular weight is 509 g/mol. The fourth-order valence-electron chi connectivity index (χ4n) is 3.14. The van der Waals surface area contributed by atoms with Crippen molar-refractivity contribution in [2.45, 2.75) is 37.6 Å². The van der Waals surface area contributed by atoms with Gasteiger partial charge in [-0.05, 0) is 40.8 Å². The molecule has 8 nitrogen and oxygen atoms in total. The highest BCUT2D eigenvalue weighted by molar-refractivity contribution is 9.11. The van der Waals surface area contributed by atoms with Crippen LogP contribution >= 0.6 is 38.9 Å². The van der Waals surface area contributed by atoms with Crippen molar-refractivity contribution in [3.05, 3.63) is 27.3 Å². The molecule has 2 aromatic heterocycles. The van der Waals surface area contributed by atoms with Crippen molar-refractivity contribution in [2.75, 3.05) is 16.8 Å². The van der Waals surface area contributed by atoms with E-state index in [0.29, 0.717) is 21.6 Å². The molecular weight excluding hydrogens is 490 g/mol. The number of halogens is 2. The van der Waals surface area contributed by atoms with Gasteiger partial charge < -0.3 is 4.90 Å². The number of hydrogen-bond acceptors (Lipinski definition) is 7. The molecule has 0 bridgehead atoms. The average Bonchev–Trinajstić information content (AvgIpc) is 3.23. The van der Waals surface area contributed by atoms with Crippen LogP contribution in [0.4, 0.5) is 15.7 Å². The monoisotopic (exact) mass is 507 g/mol. The zero-order chi connectivity index (χ0) is 20.5. The lowest BCUT2D eigenvalue weighted by Gasteiger charge is -2.29. The largest absolute Gasteiger partial charge is 0.352 e. The summed E-state index contributed by atoms with van der Waals surface area (Å²) < 4.78 is 27.6. The summed E-state index contributed by atoms with van der Waals surface area (Å²) in [5.41, 5.74) is 0. The highest BCUT2D eigenvalue weighted by Crippen LogP contribution is 2.33. The van der Waals surface area contributed by atoms with Gasteiger partial charge in [-0.1, -0.05) is 36.8 Å². The number of amides is 2. The quantitative estimate of drug-likeness (QED) is 0.630. The van der Waals surface area contributed by atoms with E-state index in [1.807, 2.05) is 4.72 Å². The van der Waals surface area contributed by atoms with Crippen LogP contribution in [-0.4, -0.2) is 37.0 Å². The molecule has 28 heavy (non-hydrogen) atoms. The number of carbonyl (C=O) groups is 1. The van der Waals surface area contributed by atoms with Crippen molar-refractivity contribution >= 4 is 65.9 Å². The molecule has 0 spiro atoms. The number of anilines is 2. The Bertz CT molecular complexity index is 982. The molecule has 1 fully saturated rings. The first kappa shape index (κ1) is 21.3. The molecule has 1 unspecified atom stereocenters. The second kappa shape index (κ2) is 8.52. The van der Waals surface area contributed by atoms with Crippen LogP contribution in [0.3, 0.4) is 0 Å². The maximum atomic E-state index is 12.5. The number of rotatable bonds is 5. The second-order valence-electron chi connectivity index (χ2n) is 6.65. The van der Waals surface area contributed by atoms with E-state index in [2.05, 4.69) is 50.0 Å². The number of nitrogens with one attached hydrogen (secondary N) is 2. The van der Waals surface area contributed by atoms with E-state index < -0.39 is 16.1 Å². The number of sulfonamides is 1. The van der Waals surface area contributed by atoms with E-state index in [9.17, 15) is 13.2 Å². The normalized spacial score (nSPS) is 17.2. The maximum Gasteiger partial charge on any atom is 0.334 e. The van der Waals surface area contributed by atoms with E-state index in [-0.39, 0.29) is 15.0 Å². The molecule has 1 aliphatic heterocycles. The van der Waals surface area contributed by atoms with Crippen molar-refractivity contribution < 1.29 is 13.2 Å². The molecule has 1 saturated heterocycles. The molecule has 152 valence electrons. The number of nitrogens with zero attached hydrogens (tertiary/aromatic N) is 3. The third-order valence-electron chi connectivity index (χ3n) is 4.37. The molecule has 12 heteroatoms. The summed E-state index contributed by atoms with van der Waals surface area (Å²) in [4.78, 5) is 22.1. The van der Waals surface area contributed by atoms with Gasteiger partial charge in [0.15, 0.2) is 5.13 Å². The zero-order valence-electron chi connectivity index (χ0n) is 15.1. The van der Waals surface area contributed by atoms with Crippen LogP contribution in [0, 0.1) is 5.92 Å². The topological polar surface area (TPSA) is 104 Å². The SMILES string of the molecule is CC(C)C1CCCN1c1ncc(S(=O)(=O)NC(=O)Nc2ncc(Br)s2)cc1Cl. The minimum absolute atomic E-state index is 0.183. The van der Waals surface area contributed by atoms with E-state index in [4.69, 9.17) is 11.6 Å². The van der Waals surface area contributed by atoms with Crippen LogP contribution < -0.4 is 14.9 Å². The summed E-state index contributed by atoms with van der Waals surface area (Å²) in [6.07, 6.45) is 4.80. The third kappa shape index (κ3) is 4.76. The molecule has 3 rings (SSSR count). The summed E-state index contributed by atoms with van der Waals surface area (Å²) in [5, 5.41) is 2.86. The molecule has 0 saturated carbocycles. The zero-order valence-corrected chi connectivity index (χ0v) is 19.1. The fourth-order valence-corrected chi connectivity index (χ4v) is 5.45. The summed E-state index contributed by atoms with van der Waals surface area (Å²) >= 11 is 10.7. The number of carbonyl (C=O) groups excluding carboxylic acids is 1. The number of aromatic nitrogens is 2. The molecular formula is C16H19BrClN5O3S2.